The van der Waals surface area contributed by atoms with Gasteiger partial charge in [0.25, 0.3) is 0 Å². The third-order valence-corrected chi connectivity index (χ3v) is 5.17. The topological polar surface area (TPSA) is 20.3 Å². The third-order valence-electron chi connectivity index (χ3n) is 5.17. The molecule has 3 aromatic rings. The summed E-state index contributed by atoms with van der Waals surface area (Å²) in [7, 11) is 0. The number of likely N-dealkylation sites (tertiary alicyclic amines) is 1. The van der Waals surface area contributed by atoms with Gasteiger partial charge in [0, 0.05) is 18.5 Å². The van der Waals surface area contributed by atoms with Crippen molar-refractivity contribution in [2.75, 3.05) is 19.6 Å². The molecule has 0 spiro atoms. The van der Waals surface area contributed by atoms with Crippen molar-refractivity contribution in [1.29, 1.82) is 0 Å². The summed E-state index contributed by atoms with van der Waals surface area (Å²) in [6.45, 7) is 3.20. The van der Waals surface area contributed by atoms with Crippen LogP contribution in [0.4, 0.5) is 0 Å². The van der Waals surface area contributed by atoms with Crippen LogP contribution in [0.3, 0.4) is 0 Å². The second-order valence-corrected chi connectivity index (χ2v) is 6.80. The second kappa shape index (κ2) is 6.74. The standard InChI is InChI=1S/C22H23NO/c24-22(12-15-23-13-4-1-5-14-23)19-10-11-21-18(16-19)9-8-17-6-2-3-7-20(17)21/h2-3,6-11,16H,1,4-5,12-15H2. The highest BCUT2D eigenvalue weighted by Crippen LogP contribution is 2.26. The summed E-state index contributed by atoms with van der Waals surface area (Å²) in [4.78, 5) is 15.0. The highest BCUT2D eigenvalue weighted by molar-refractivity contribution is 6.09. The van der Waals surface area contributed by atoms with E-state index in [2.05, 4.69) is 53.4 Å². The van der Waals surface area contributed by atoms with E-state index in [1.807, 2.05) is 6.07 Å². The molecule has 1 aliphatic heterocycles. The van der Waals surface area contributed by atoms with Crippen LogP contribution in [0.1, 0.15) is 36.0 Å². The fraction of sp³-hybridized carbons (Fsp3) is 0.318. The summed E-state index contributed by atoms with van der Waals surface area (Å²) in [5.41, 5.74) is 0.842. The molecule has 1 heterocycles. The lowest BCUT2D eigenvalue weighted by molar-refractivity contribution is 0.0959. The number of fused-ring (bicyclic) bond motifs is 3. The average molecular weight is 317 g/mol. The maximum Gasteiger partial charge on any atom is 0.164 e. The highest BCUT2D eigenvalue weighted by Gasteiger charge is 2.13. The Bertz CT molecular complexity index is 877. The molecule has 2 nitrogen and oxygen atoms in total. The Hall–Kier alpha value is -2.19. The lowest BCUT2D eigenvalue weighted by Crippen LogP contribution is -2.31. The Morgan fingerprint density at radius 3 is 2.46 bits per heavy atom. The van der Waals surface area contributed by atoms with E-state index in [-0.39, 0.29) is 5.78 Å². The molecule has 0 bridgehead atoms. The van der Waals surface area contributed by atoms with Crippen LogP contribution in [0, 0.1) is 0 Å². The Balaban J connectivity index is 1.55. The first-order valence-corrected chi connectivity index (χ1v) is 8.98. The number of carbonyl (C=O) groups excluding carboxylic acids is 1. The van der Waals surface area contributed by atoms with Crippen molar-refractivity contribution in [2.24, 2.45) is 0 Å². The molecule has 0 saturated carbocycles. The monoisotopic (exact) mass is 317 g/mol. The van der Waals surface area contributed by atoms with Crippen LogP contribution in [0.2, 0.25) is 0 Å². The van der Waals surface area contributed by atoms with E-state index in [1.54, 1.807) is 0 Å². The largest absolute Gasteiger partial charge is 0.303 e. The summed E-state index contributed by atoms with van der Waals surface area (Å²) in [6, 6.07) is 18.8. The zero-order chi connectivity index (χ0) is 16.4. The van der Waals surface area contributed by atoms with Crippen molar-refractivity contribution >= 4 is 27.3 Å². The van der Waals surface area contributed by atoms with Crippen LogP contribution in [0.5, 0.6) is 0 Å². The third kappa shape index (κ3) is 3.07. The van der Waals surface area contributed by atoms with Gasteiger partial charge in [0.05, 0.1) is 0 Å². The molecule has 24 heavy (non-hydrogen) atoms. The number of benzene rings is 3. The van der Waals surface area contributed by atoms with E-state index in [0.717, 1.165) is 30.6 Å². The molecule has 2 heteroatoms. The van der Waals surface area contributed by atoms with Crippen molar-refractivity contribution in [1.82, 2.24) is 4.90 Å². The molecule has 0 atom stereocenters. The second-order valence-electron chi connectivity index (χ2n) is 6.80. The summed E-state index contributed by atoms with van der Waals surface area (Å²) in [5.74, 6) is 0.260. The van der Waals surface area contributed by atoms with Crippen LogP contribution in [0.25, 0.3) is 21.5 Å². The van der Waals surface area contributed by atoms with Gasteiger partial charge in [-0.3, -0.25) is 4.79 Å². The SMILES string of the molecule is O=C(CCN1CCCCC1)c1ccc2c(ccc3ccccc32)c1. The number of hydrogen-bond donors (Lipinski definition) is 0. The van der Waals surface area contributed by atoms with Crippen LogP contribution in [-0.4, -0.2) is 30.3 Å². The predicted octanol–water partition coefficient (Wildman–Crippen LogP) is 5.05. The van der Waals surface area contributed by atoms with Gasteiger partial charge < -0.3 is 4.90 Å². The van der Waals surface area contributed by atoms with Gasteiger partial charge in [-0.1, -0.05) is 55.0 Å². The van der Waals surface area contributed by atoms with Gasteiger partial charge in [-0.2, -0.15) is 0 Å². The number of Topliss-reactive ketones (excluding diaryl/α,β-unsaturated/α-hetero) is 1. The van der Waals surface area contributed by atoms with E-state index in [1.165, 1.54) is 35.4 Å². The molecule has 122 valence electrons. The number of carbonyl (C=O) groups is 1. The molecule has 1 fully saturated rings. The first-order valence-electron chi connectivity index (χ1n) is 8.98. The predicted molar refractivity (Wildman–Crippen MR) is 101 cm³/mol. The molecule has 0 unspecified atom stereocenters. The molecule has 0 radical (unpaired) electrons. The molecular weight excluding hydrogens is 294 g/mol. The van der Waals surface area contributed by atoms with Gasteiger partial charge >= 0.3 is 0 Å². The van der Waals surface area contributed by atoms with Gasteiger partial charge in [-0.25, -0.2) is 0 Å². The zero-order valence-electron chi connectivity index (χ0n) is 14.0. The lowest BCUT2D eigenvalue weighted by Gasteiger charge is -2.25. The minimum atomic E-state index is 0.260. The smallest absolute Gasteiger partial charge is 0.164 e. The van der Waals surface area contributed by atoms with Crippen LogP contribution in [0.15, 0.2) is 54.6 Å². The van der Waals surface area contributed by atoms with Crippen LogP contribution < -0.4 is 0 Å². The van der Waals surface area contributed by atoms with E-state index in [0.29, 0.717) is 6.42 Å². The Labute approximate surface area is 143 Å². The van der Waals surface area contributed by atoms with Gasteiger partial charge in [0.1, 0.15) is 0 Å². The summed E-state index contributed by atoms with van der Waals surface area (Å²) in [6.07, 6.45) is 4.51. The molecular formula is C22H23NO. The lowest BCUT2D eigenvalue weighted by atomic mass is 9.98. The summed E-state index contributed by atoms with van der Waals surface area (Å²) >= 11 is 0. The van der Waals surface area contributed by atoms with Gasteiger partial charge in [0.15, 0.2) is 5.78 Å². The maximum atomic E-state index is 12.6. The van der Waals surface area contributed by atoms with Crippen molar-refractivity contribution in [2.45, 2.75) is 25.7 Å². The van der Waals surface area contributed by atoms with Crippen LogP contribution >= 0.6 is 0 Å². The fourth-order valence-electron chi connectivity index (χ4n) is 3.77. The molecule has 0 aliphatic carbocycles. The number of hydrogen-bond acceptors (Lipinski definition) is 2. The minimum absolute atomic E-state index is 0.260. The average Bonchev–Trinajstić information content (AvgIpc) is 2.66. The molecule has 0 N–H and O–H groups in total. The van der Waals surface area contributed by atoms with Gasteiger partial charge in [-0.15, -0.1) is 0 Å². The minimum Gasteiger partial charge on any atom is -0.303 e. The Morgan fingerprint density at radius 2 is 1.58 bits per heavy atom. The molecule has 1 saturated heterocycles. The normalized spacial score (nSPS) is 15.8. The van der Waals surface area contributed by atoms with Crippen molar-refractivity contribution in [3.05, 3.63) is 60.2 Å². The molecule has 1 aliphatic rings. The van der Waals surface area contributed by atoms with E-state index >= 15 is 0 Å². The van der Waals surface area contributed by atoms with E-state index in [9.17, 15) is 4.79 Å². The number of rotatable bonds is 4. The maximum absolute atomic E-state index is 12.6. The number of piperidine rings is 1. The first kappa shape index (κ1) is 15.3. The molecule has 3 aromatic carbocycles. The van der Waals surface area contributed by atoms with Crippen molar-refractivity contribution in [3.63, 3.8) is 0 Å². The van der Waals surface area contributed by atoms with Gasteiger partial charge in [-0.05, 0) is 53.5 Å². The highest BCUT2D eigenvalue weighted by atomic mass is 16.1. The zero-order valence-corrected chi connectivity index (χ0v) is 14.0. The Morgan fingerprint density at radius 1 is 0.833 bits per heavy atom. The van der Waals surface area contributed by atoms with Gasteiger partial charge in [0.2, 0.25) is 0 Å². The number of nitrogens with zero attached hydrogens (tertiary/aromatic N) is 1. The van der Waals surface area contributed by atoms with Crippen molar-refractivity contribution in [3.8, 4) is 0 Å². The van der Waals surface area contributed by atoms with Crippen LogP contribution in [-0.2, 0) is 0 Å². The Kier molecular flexibility index (Phi) is 4.31. The quantitative estimate of drug-likeness (QED) is 0.495. The van der Waals surface area contributed by atoms with E-state index in [4.69, 9.17) is 0 Å². The molecule has 4 rings (SSSR count). The summed E-state index contributed by atoms with van der Waals surface area (Å²) in [5, 5.41) is 4.87. The number of ketones is 1. The fourth-order valence-corrected chi connectivity index (χ4v) is 3.77. The van der Waals surface area contributed by atoms with E-state index < -0.39 is 0 Å². The first-order chi connectivity index (χ1) is 11.8. The van der Waals surface area contributed by atoms with Crippen molar-refractivity contribution < 1.29 is 4.79 Å². The molecule has 0 amide bonds. The molecule has 0 aromatic heterocycles. The summed E-state index contributed by atoms with van der Waals surface area (Å²) < 4.78 is 0.